The summed E-state index contributed by atoms with van der Waals surface area (Å²) in [5, 5.41) is 0. The normalized spacial score (nSPS) is 16.5. The molecular formula is C23H23F2NO4. The molecule has 1 amide bonds. The zero-order chi connectivity index (χ0) is 21.9. The molecular weight excluding hydrogens is 392 g/mol. The van der Waals surface area contributed by atoms with Crippen molar-refractivity contribution >= 4 is 11.9 Å². The van der Waals surface area contributed by atoms with Crippen molar-refractivity contribution in [1.29, 1.82) is 0 Å². The number of rotatable bonds is 6. The minimum atomic E-state index is -1.10. The molecule has 1 aliphatic rings. The van der Waals surface area contributed by atoms with Crippen molar-refractivity contribution in [2.45, 2.75) is 32.0 Å². The number of ether oxygens (including phenoxy) is 2. The van der Waals surface area contributed by atoms with Gasteiger partial charge in [0.25, 0.3) is 0 Å². The van der Waals surface area contributed by atoms with Gasteiger partial charge in [0, 0.05) is 33.4 Å². The van der Waals surface area contributed by atoms with E-state index < -0.39 is 17.7 Å². The zero-order valence-electron chi connectivity index (χ0n) is 17.0. The molecule has 1 fully saturated rings. The van der Waals surface area contributed by atoms with Crippen molar-refractivity contribution in [3.05, 3.63) is 83.1 Å². The van der Waals surface area contributed by atoms with Crippen LogP contribution in [0, 0.1) is 11.6 Å². The van der Waals surface area contributed by atoms with Crippen molar-refractivity contribution in [3.63, 3.8) is 0 Å². The Balaban J connectivity index is 1.73. The number of hydrogen-bond acceptors (Lipinski definition) is 4. The van der Waals surface area contributed by atoms with Crippen LogP contribution in [0.15, 0.2) is 60.4 Å². The predicted octanol–water partition coefficient (Wildman–Crippen LogP) is 4.14. The fourth-order valence-electron chi connectivity index (χ4n) is 3.26. The summed E-state index contributed by atoms with van der Waals surface area (Å²) in [6.07, 6.45) is 1.63. The van der Waals surface area contributed by atoms with Gasteiger partial charge >= 0.3 is 5.97 Å². The van der Waals surface area contributed by atoms with Crippen LogP contribution in [0.2, 0.25) is 0 Å². The summed E-state index contributed by atoms with van der Waals surface area (Å²) in [5.41, 5.74) is 1.71. The van der Waals surface area contributed by atoms with Gasteiger partial charge in [0.1, 0.15) is 11.6 Å². The van der Waals surface area contributed by atoms with E-state index in [1.54, 1.807) is 45.2 Å². The Hall–Kier alpha value is -3.22. The summed E-state index contributed by atoms with van der Waals surface area (Å²) in [7, 11) is 1.61. The summed E-state index contributed by atoms with van der Waals surface area (Å²) < 4.78 is 37.0. The van der Waals surface area contributed by atoms with E-state index in [4.69, 9.17) is 9.47 Å². The molecule has 5 nitrogen and oxygen atoms in total. The molecule has 2 aromatic rings. The monoisotopic (exact) mass is 415 g/mol. The second-order valence-corrected chi connectivity index (χ2v) is 7.60. The minimum Gasteiger partial charge on any atom is -0.445 e. The average Bonchev–Trinajstić information content (AvgIpc) is 2.95. The number of amides is 1. The van der Waals surface area contributed by atoms with E-state index in [9.17, 15) is 18.4 Å². The molecule has 158 valence electrons. The Morgan fingerprint density at radius 1 is 1.00 bits per heavy atom. The fourth-order valence-corrected chi connectivity index (χ4v) is 3.26. The number of halogens is 2. The largest absolute Gasteiger partial charge is 0.445 e. The molecule has 0 aromatic heterocycles. The van der Waals surface area contributed by atoms with Gasteiger partial charge in [-0.25, -0.2) is 13.6 Å². The topological polar surface area (TPSA) is 55.8 Å². The number of esters is 1. The van der Waals surface area contributed by atoms with Crippen LogP contribution in [-0.4, -0.2) is 36.2 Å². The van der Waals surface area contributed by atoms with Gasteiger partial charge in [-0.2, -0.15) is 0 Å². The number of carbonyl (C=O) groups is 2. The lowest BCUT2D eigenvalue weighted by Crippen LogP contribution is -2.28. The van der Waals surface area contributed by atoms with Crippen molar-refractivity contribution in [1.82, 2.24) is 4.90 Å². The lowest BCUT2D eigenvalue weighted by molar-refractivity contribution is -0.159. The SMILES string of the molecule is CN(CCC(c1ccc(F)cc1)c1ccc(F)cc1)C(=O)C=C1OC(C)(C)OC1=O. The van der Waals surface area contributed by atoms with Gasteiger partial charge in [-0.05, 0) is 41.8 Å². The Bertz CT molecular complexity index is 907. The van der Waals surface area contributed by atoms with Crippen LogP contribution in [0.1, 0.15) is 37.3 Å². The number of nitrogens with zero attached hydrogens (tertiary/aromatic N) is 1. The molecule has 30 heavy (non-hydrogen) atoms. The van der Waals surface area contributed by atoms with E-state index in [2.05, 4.69) is 0 Å². The molecule has 1 saturated heterocycles. The number of hydrogen-bond donors (Lipinski definition) is 0. The molecule has 0 saturated carbocycles. The van der Waals surface area contributed by atoms with Crippen LogP contribution in [0.25, 0.3) is 0 Å². The van der Waals surface area contributed by atoms with E-state index in [1.807, 2.05) is 0 Å². The van der Waals surface area contributed by atoms with Crippen LogP contribution in [-0.2, 0) is 19.1 Å². The van der Waals surface area contributed by atoms with Gasteiger partial charge in [-0.1, -0.05) is 24.3 Å². The predicted molar refractivity (Wildman–Crippen MR) is 106 cm³/mol. The summed E-state index contributed by atoms with van der Waals surface area (Å²) >= 11 is 0. The molecule has 7 heteroatoms. The lowest BCUT2D eigenvalue weighted by Gasteiger charge is -2.22. The highest BCUT2D eigenvalue weighted by molar-refractivity contribution is 5.97. The second-order valence-electron chi connectivity index (χ2n) is 7.60. The highest BCUT2D eigenvalue weighted by Gasteiger charge is 2.38. The van der Waals surface area contributed by atoms with Crippen molar-refractivity contribution in [2.75, 3.05) is 13.6 Å². The molecule has 2 aromatic carbocycles. The van der Waals surface area contributed by atoms with Gasteiger partial charge < -0.3 is 14.4 Å². The van der Waals surface area contributed by atoms with Crippen LogP contribution in [0.4, 0.5) is 8.78 Å². The highest BCUT2D eigenvalue weighted by Crippen LogP contribution is 2.29. The van der Waals surface area contributed by atoms with Crippen LogP contribution >= 0.6 is 0 Å². The molecule has 0 spiro atoms. The Labute approximate surface area is 173 Å². The smallest absolute Gasteiger partial charge is 0.377 e. The standard InChI is InChI=1S/C23H23F2NO4/c1-23(2)29-20(22(28)30-23)14-21(27)26(3)13-12-19(15-4-8-17(24)9-5-15)16-6-10-18(25)11-7-16/h4-11,14,19H,12-13H2,1-3H3. The summed E-state index contributed by atoms with van der Waals surface area (Å²) in [5.74, 6) is -3.18. The van der Waals surface area contributed by atoms with Crippen LogP contribution < -0.4 is 0 Å². The van der Waals surface area contributed by atoms with Crippen molar-refractivity contribution < 1.29 is 27.8 Å². The van der Waals surface area contributed by atoms with Crippen molar-refractivity contribution in [2.24, 2.45) is 0 Å². The van der Waals surface area contributed by atoms with E-state index in [1.165, 1.54) is 29.2 Å². The Kier molecular flexibility index (Phi) is 6.20. The number of cyclic esters (lactones) is 1. The highest BCUT2D eigenvalue weighted by atomic mass is 19.1. The molecule has 0 unspecified atom stereocenters. The lowest BCUT2D eigenvalue weighted by atomic mass is 9.88. The summed E-state index contributed by atoms with van der Waals surface area (Å²) in [6.45, 7) is 3.51. The third-order valence-electron chi connectivity index (χ3n) is 4.82. The first-order valence-corrected chi connectivity index (χ1v) is 9.55. The molecule has 0 bridgehead atoms. The third-order valence-corrected chi connectivity index (χ3v) is 4.82. The maximum atomic E-state index is 13.3. The summed E-state index contributed by atoms with van der Waals surface area (Å²) in [4.78, 5) is 25.7. The fraction of sp³-hybridized carbons (Fsp3) is 0.304. The van der Waals surface area contributed by atoms with Crippen LogP contribution in [0.5, 0.6) is 0 Å². The number of carbonyl (C=O) groups excluding carboxylic acids is 2. The van der Waals surface area contributed by atoms with E-state index in [-0.39, 0.29) is 23.3 Å². The summed E-state index contributed by atoms with van der Waals surface area (Å²) in [6, 6.07) is 12.2. The number of benzene rings is 2. The minimum absolute atomic E-state index is 0.134. The van der Waals surface area contributed by atoms with E-state index in [0.717, 1.165) is 17.2 Å². The molecule has 3 rings (SSSR count). The zero-order valence-corrected chi connectivity index (χ0v) is 17.0. The second kappa shape index (κ2) is 8.65. The van der Waals surface area contributed by atoms with Gasteiger partial charge in [-0.15, -0.1) is 0 Å². The molecule has 1 heterocycles. The first kappa shape index (κ1) is 21.5. The van der Waals surface area contributed by atoms with Crippen LogP contribution in [0.3, 0.4) is 0 Å². The Morgan fingerprint density at radius 3 is 1.93 bits per heavy atom. The average molecular weight is 415 g/mol. The first-order valence-electron chi connectivity index (χ1n) is 9.55. The van der Waals surface area contributed by atoms with Gasteiger partial charge in [0.15, 0.2) is 0 Å². The molecule has 0 atom stereocenters. The third kappa shape index (κ3) is 5.23. The molecule has 0 N–H and O–H groups in total. The molecule has 0 aliphatic carbocycles. The first-order chi connectivity index (χ1) is 14.1. The molecule has 1 aliphatic heterocycles. The van der Waals surface area contributed by atoms with E-state index in [0.29, 0.717) is 13.0 Å². The van der Waals surface area contributed by atoms with Gasteiger partial charge in [0.2, 0.25) is 17.5 Å². The maximum absolute atomic E-state index is 13.3. The van der Waals surface area contributed by atoms with Gasteiger partial charge in [-0.3, -0.25) is 4.79 Å². The van der Waals surface area contributed by atoms with Crippen molar-refractivity contribution in [3.8, 4) is 0 Å². The number of likely N-dealkylation sites (N-methyl/N-ethyl adjacent to an activating group) is 1. The quantitative estimate of drug-likeness (QED) is 0.526. The van der Waals surface area contributed by atoms with Gasteiger partial charge in [0.05, 0.1) is 6.08 Å². The molecule has 0 radical (unpaired) electrons. The van der Waals surface area contributed by atoms with E-state index >= 15 is 0 Å². The Morgan fingerprint density at radius 2 is 1.50 bits per heavy atom. The maximum Gasteiger partial charge on any atom is 0.377 e.